The second-order valence-corrected chi connectivity index (χ2v) is 6.72. The zero-order valence-corrected chi connectivity index (χ0v) is 14.3. The smallest absolute Gasteiger partial charge is 0.264 e. The fourth-order valence-corrected chi connectivity index (χ4v) is 4.28. The Hall–Kier alpha value is -3.47. The minimum absolute atomic E-state index is 0.840. The third-order valence-corrected chi connectivity index (χ3v) is 5.33. The van der Waals surface area contributed by atoms with Crippen molar-refractivity contribution in [3.8, 4) is 17.2 Å². The molecule has 26 heavy (non-hydrogen) atoms. The molecule has 5 nitrogen and oxygen atoms in total. The van der Waals surface area contributed by atoms with Crippen molar-refractivity contribution in [2.45, 2.75) is 6.54 Å². The number of hydrogen-bond acceptors (Lipinski definition) is 2. The number of para-hydroxylation sites is 1. The van der Waals surface area contributed by atoms with E-state index >= 15 is 0 Å². The van der Waals surface area contributed by atoms with E-state index in [0.717, 1.165) is 29.1 Å². The third-order valence-electron chi connectivity index (χ3n) is 5.33. The fraction of sp³-hybridized carbons (Fsp3) is 0.0952. The number of pyridine rings is 2. The van der Waals surface area contributed by atoms with E-state index in [9.17, 15) is 0 Å². The molecule has 0 bridgehead atoms. The van der Waals surface area contributed by atoms with Gasteiger partial charge in [0.25, 0.3) is 11.5 Å². The van der Waals surface area contributed by atoms with Gasteiger partial charge < -0.3 is 0 Å². The number of fused-ring (bicyclic) bond motifs is 7. The Morgan fingerprint density at radius 3 is 2.77 bits per heavy atom. The molecule has 1 aliphatic heterocycles. The quantitative estimate of drug-likeness (QED) is 0.432. The van der Waals surface area contributed by atoms with Crippen molar-refractivity contribution in [2.24, 2.45) is 7.05 Å². The van der Waals surface area contributed by atoms with Crippen molar-refractivity contribution in [1.82, 2.24) is 19.1 Å². The lowest BCUT2D eigenvalue weighted by Gasteiger charge is -2.03. The first-order chi connectivity index (χ1) is 12.8. The highest BCUT2D eigenvalue weighted by Crippen LogP contribution is 2.35. The summed E-state index contributed by atoms with van der Waals surface area (Å²) < 4.78 is 6.97. The lowest BCUT2D eigenvalue weighted by molar-refractivity contribution is -0.648. The van der Waals surface area contributed by atoms with Crippen molar-refractivity contribution in [1.29, 1.82) is 0 Å². The van der Waals surface area contributed by atoms with E-state index in [1.54, 1.807) is 0 Å². The molecule has 0 saturated heterocycles. The molecule has 0 atom stereocenters. The average Bonchev–Trinajstić information content (AvgIpc) is 3.31. The highest BCUT2D eigenvalue weighted by molar-refractivity contribution is 6.05. The third kappa shape index (κ3) is 1.57. The van der Waals surface area contributed by atoms with Crippen LogP contribution in [0.3, 0.4) is 0 Å². The molecule has 0 amide bonds. The molecule has 0 unspecified atom stereocenters. The van der Waals surface area contributed by atoms with Crippen LogP contribution in [-0.4, -0.2) is 19.1 Å². The fourth-order valence-electron chi connectivity index (χ4n) is 4.28. The standard InChI is InChI=1S/C21H16N5/c1-24-19-16-12-22-11-9-17(16)26(15-7-3-2-4-8-15)21(19)25-13-14-6-5-10-23-18(14)20(24)25/h2-12H,13H2,1H3/q+1. The molecule has 5 aromatic rings. The largest absolute Gasteiger partial charge is 0.275 e. The van der Waals surface area contributed by atoms with Crippen LogP contribution in [0.4, 0.5) is 0 Å². The Labute approximate surface area is 149 Å². The molecule has 0 spiro atoms. The van der Waals surface area contributed by atoms with Gasteiger partial charge in [0.2, 0.25) is 0 Å². The number of hydrogen-bond donors (Lipinski definition) is 0. The second-order valence-electron chi connectivity index (χ2n) is 6.72. The lowest BCUT2D eigenvalue weighted by Crippen LogP contribution is -2.33. The Balaban J connectivity index is 1.83. The Bertz CT molecular complexity index is 1310. The first-order valence-corrected chi connectivity index (χ1v) is 8.71. The number of aryl methyl sites for hydroxylation is 1. The summed E-state index contributed by atoms with van der Waals surface area (Å²) in [4.78, 5) is 9.04. The van der Waals surface area contributed by atoms with Crippen molar-refractivity contribution in [2.75, 3.05) is 0 Å². The van der Waals surface area contributed by atoms with Gasteiger partial charge in [-0.1, -0.05) is 24.3 Å². The monoisotopic (exact) mass is 338 g/mol. The summed E-state index contributed by atoms with van der Waals surface area (Å²) in [5.41, 5.74) is 7.05. The van der Waals surface area contributed by atoms with E-state index in [-0.39, 0.29) is 0 Å². The topological polar surface area (TPSA) is 39.5 Å². The van der Waals surface area contributed by atoms with Crippen LogP contribution in [0.5, 0.6) is 0 Å². The molecule has 5 heterocycles. The van der Waals surface area contributed by atoms with Crippen LogP contribution < -0.4 is 4.57 Å². The molecule has 4 aromatic heterocycles. The number of nitrogens with zero attached hydrogens (tertiary/aromatic N) is 5. The Kier molecular flexibility index (Phi) is 2.54. The molecule has 1 aliphatic rings. The van der Waals surface area contributed by atoms with Gasteiger partial charge in [0.05, 0.1) is 19.0 Å². The predicted molar refractivity (Wildman–Crippen MR) is 100 cm³/mol. The minimum Gasteiger partial charge on any atom is -0.264 e. The Morgan fingerprint density at radius 1 is 1.00 bits per heavy atom. The van der Waals surface area contributed by atoms with Crippen LogP contribution in [-0.2, 0) is 13.6 Å². The van der Waals surface area contributed by atoms with E-state index in [0.29, 0.717) is 0 Å². The van der Waals surface area contributed by atoms with Gasteiger partial charge in [0.15, 0.2) is 5.52 Å². The molecule has 6 rings (SSSR count). The highest BCUT2D eigenvalue weighted by Gasteiger charge is 2.36. The van der Waals surface area contributed by atoms with E-state index in [2.05, 4.69) is 73.2 Å². The van der Waals surface area contributed by atoms with Crippen LogP contribution in [0.1, 0.15) is 5.56 Å². The minimum atomic E-state index is 0.840. The zero-order valence-electron chi connectivity index (χ0n) is 14.3. The predicted octanol–water partition coefficient (Wildman–Crippen LogP) is 3.23. The van der Waals surface area contributed by atoms with Crippen LogP contribution in [0, 0.1) is 0 Å². The van der Waals surface area contributed by atoms with Crippen molar-refractivity contribution < 1.29 is 4.57 Å². The van der Waals surface area contributed by atoms with Crippen LogP contribution >= 0.6 is 0 Å². The molecule has 0 radical (unpaired) electrons. The molecule has 124 valence electrons. The van der Waals surface area contributed by atoms with Gasteiger partial charge >= 0.3 is 0 Å². The second kappa shape index (κ2) is 4.79. The Morgan fingerprint density at radius 2 is 1.88 bits per heavy atom. The summed E-state index contributed by atoms with van der Waals surface area (Å²) in [6, 6.07) is 16.8. The summed E-state index contributed by atoms with van der Waals surface area (Å²) in [5, 5.41) is 1.16. The summed E-state index contributed by atoms with van der Waals surface area (Å²) in [6.45, 7) is 0.840. The van der Waals surface area contributed by atoms with Crippen molar-refractivity contribution in [3.05, 3.63) is 72.7 Å². The summed E-state index contributed by atoms with van der Waals surface area (Å²) in [5.74, 6) is 1.15. The van der Waals surface area contributed by atoms with Gasteiger partial charge in [-0.15, -0.1) is 0 Å². The molecule has 0 fully saturated rings. The molecule has 5 heteroatoms. The van der Waals surface area contributed by atoms with Gasteiger partial charge in [-0.25, -0.2) is 14.1 Å². The van der Waals surface area contributed by atoms with E-state index in [4.69, 9.17) is 0 Å². The van der Waals surface area contributed by atoms with E-state index in [1.807, 2.05) is 24.7 Å². The first-order valence-electron chi connectivity index (χ1n) is 8.71. The van der Waals surface area contributed by atoms with Crippen LogP contribution in [0.2, 0.25) is 0 Å². The average molecular weight is 338 g/mol. The van der Waals surface area contributed by atoms with Gasteiger partial charge in [0, 0.05) is 24.2 Å². The highest BCUT2D eigenvalue weighted by atomic mass is 15.3. The molecular formula is C21H16N5+. The van der Waals surface area contributed by atoms with E-state index in [1.165, 1.54) is 22.2 Å². The summed E-state index contributed by atoms with van der Waals surface area (Å²) in [7, 11) is 2.12. The van der Waals surface area contributed by atoms with Crippen molar-refractivity contribution >= 4 is 22.1 Å². The lowest BCUT2D eigenvalue weighted by atomic mass is 10.2. The van der Waals surface area contributed by atoms with Crippen LogP contribution in [0.15, 0.2) is 67.1 Å². The molecular weight excluding hydrogens is 322 g/mol. The summed E-state index contributed by atoms with van der Waals surface area (Å²) in [6.07, 6.45) is 5.70. The molecule has 0 aliphatic carbocycles. The number of rotatable bonds is 1. The number of benzene rings is 1. The maximum Gasteiger partial charge on any atom is 0.275 e. The normalized spacial score (nSPS) is 12.7. The maximum atomic E-state index is 4.65. The molecule has 0 N–H and O–H groups in total. The van der Waals surface area contributed by atoms with Gasteiger partial charge in [-0.2, -0.15) is 0 Å². The van der Waals surface area contributed by atoms with Gasteiger partial charge in [-0.05, 0) is 24.3 Å². The first kappa shape index (κ1) is 13.8. The SMILES string of the molecule is Cn1c2[n+](c3c1c1cnccc1n3-c1ccccc1)Cc1cccnc1-2. The molecule has 0 saturated carbocycles. The van der Waals surface area contributed by atoms with E-state index < -0.39 is 0 Å². The van der Waals surface area contributed by atoms with Gasteiger partial charge in [0.1, 0.15) is 16.9 Å². The molecule has 1 aromatic carbocycles. The van der Waals surface area contributed by atoms with Crippen molar-refractivity contribution in [3.63, 3.8) is 0 Å². The number of aromatic nitrogens is 5. The van der Waals surface area contributed by atoms with Gasteiger partial charge in [-0.3, -0.25) is 9.55 Å². The maximum absolute atomic E-state index is 4.65. The summed E-state index contributed by atoms with van der Waals surface area (Å²) >= 11 is 0. The van der Waals surface area contributed by atoms with Crippen LogP contribution in [0.25, 0.3) is 39.3 Å². The zero-order chi connectivity index (χ0) is 17.3. The number of imidazole rings is 1.